The van der Waals surface area contributed by atoms with Gasteiger partial charge in [0.2, 0.25) is 0 Å². The number of aryl methyl sites for hydroxylation is 1. The number of aliphatic hydroxyl groups is 1. The fraction of sp³-hybridized carbons (Fsp3) is 0.348. The Hall–Kier alpha value is -2.86. The summed E-state index contributed by atoms with van der Waals surface area (Å²) in [7, 11) is 1.44. The van der Waals surface area contributed by atoms with Gasteiger partial charge in [-0.15, -0.1) is 0 Å². The Kier molecular flexibility index (Phi) is 6.77. The van der Waals surface area contributed by atoms with E-state index in [1.807, 2.05) is 6.92 Å². The molecule has 0 spiro atoms. The first-order valence-electron chi connectivity index (χ1n) is 9.93. The number of unbranched alkanes of at least 4 members (excludes halogenated alkanes) is 2. The van der Waals surface area contributed by atoms with Gasteiger partial charge in [-0.2, -0.15) is 0 Å². The van der Waals surface area contributed by atoms with Gasteiger partial charge in [0.05, 0.1) is 29.3 Å². The van der Waals surface area contributed by atoms with E-state index in [-0.39, 0.29) is 22.6 Å². The minimum atomic E-state index is -0.717. The van der Waals surface area contributed by atoms with Crippen molar-refractivity contribution in [2.24, 2.45) is 0 Å². The number of carbonyl (C=O) groups is 2. The van der Waals surface area contributed by atoms with Crippen LogP contribution in [0.3, 0.4) is 0 Å². The van der Waals surface area contributed by atoms with E-state index in [4.69, 9.17) is 16.3 Å². The second kappa shape index (κ2) is 9.30. The van der Waals surface area contributed by atoms with Crippen molar-refractivity contribution in [3.63, 3.8) is 0 Å². The summed E-state index contributed by atoms with van der Waals surface area (Å²) < 4.78 is 5.38. The molecule has 1 N–H and O–H groups in total. The lowest BCUT2D eigenvalue weighted by Crippen LogP contribution is -2.30. The molecule has 0 radical (unpaired) electrons. The van der Waals surface area contributed by atoms with Crippen molar-refractivity contribution in [1.82, 2.24) is 9.88 Å². The molecule has 158 valence electrons. The first-order valence-corrected chi connectivity index (χ1v) is 10.3. The lowest BCUT2D eigenvalue weighted by atomic mass is 9.95. The van der Waals surface area contributed by atoms with Gasteiger partial charge >= 0.3 is 0 Å². The monoisotopic (exact) mass is 428 g/mol. The van der Waals surface area contributed by atoms with Crippen molar-refractivity contribution < 1.29 is 19.4 Å². The molecule has 3 rings (SSSR count). The summed E-state index contributed by atoms with van der Waals surface area (Å²) in [6.45, 7) is 4.32. The fourth-order valence-corrected chi connectivity index (χ4v) is 4.14. The topological polar surface area (TPSA) is 79.7 Å². The SMILES string of the molecule is CCCCCN1C(=O)C(=O)/C(=C(/O)c2cc(C)cc(Cl)c2OC)C1c1ccncc1. The molecular formula is C23H25ClN2O4. The summed E-state index contributed by atoms with van der Waals surface area (Å²) in [4.78, 5) is 31.5. The number of halogens is 1. The average molecular weight is 429 g/mol. The van der Waals surface area contributed by atoms with Crippen molar-refractivity contribution in [2.75, 3.05) is 13.7 Å². The van der Waals surface area contributed by atoms with Crippen LogP contribution in [0.25, 0.3) is 5.76 Å². The van der Waals surface area contributed by atoms with Gasteiger partial charge in [0.1, 0.15) is 11.5 Å². The van der Waals surface area contributed by atoms with Crippen LogP contribution in [0.5, 0.6) is 5.75 Å². The number of amides is 1. The van der Waals surface area contributed by atoms with Crippen molar-refractivity contribution >= 4 is 29.1 Å². The number of rotatable bonds is 7. The molecule has 30 heavy (non-hydrogen) atoms. The molecule has 1 atom stereocenters. The molecule has 1 amide bonds. The smallest absolute Gasteiger partial charge is 0.295 e. The minimum Gasteiger partial charge on any atom is -0.507 e. The summed E-state index contributed by atoms with van der Waals surface area (Å²) in [5, 5.41) is 11.5. The van der Waals surface area contributed by atoms with E-state index >= 15 is 0 Å². The van der Waals surface area contributed by atoms with Gasteiger partial charge in [0, 0.05) is 18.9 Å². The molecule has 0 aliphatic carbocycles. The molecule has 0 saturated carbocycles. The molecule has 1 aromatic carbocycles. The second-order valence-corrected chi connectivity index (χ2v) is 7.71. The number of benzene rings is 1. The molecule has 2 heterocycles. The van der Waals surface area contributed by atoms with E-state index in [1.54, 1.807) is 36.7 Å². The van der Waals surface area contributed by atoms with Crippen molar-refractivity contribution in [3.8, 4) is 5.75 Å². The standard InChI is InChI=1S/C23H25ClN2O4/c1-4-5-6-11-26-19(15-7-9-25-10-8-15)18(21(28)23(26)29)20(27)16-12-14(2)13-17(24)22(16)30-3/h7-10,12-13,19,27H,4-6,11H2,1-3H3/b20-18+. The van der Waals surface area contributed by atoms with Gasteiger partial charge in [0.15, 0.2) is 0 Å². The number of methoxy groups -OCH3 is 1. The zero-order chi connectivity index (χ0) is 21.8. The fourth-order valence-electron chi connectivity index (χ4n) is 3.79. The predicted molar refractivity (Wildman–Crippen MR) is 116 cm³/mol. The van der Waals surface area contributed by atoms with Gasteiger partial charge in [0.25, 0.3) is 11.7 Å². The van der Waals surface area contributed by atoms with Crippen LogP contribution in [0.15, 0.2) is 42.2 Å². The highest BCUT2D eigenvalue weighted by molar-refractivity contribution is 6.46. The number of ether oxygens (including phenoxy) is 1. The summed E-state index contributed by atoms with van der Waals surface area (Å²) in [6, 6.07) is 6.19. The third-order valence-electron chi connectivity index (χ3n) is 5.21. The quantitative estimate of drug-likeness (QED) is 0.300. The number of Topliss-reactive ketones (excluding diaryl/α,β-unsaturated/α-hetero) is 1. The van der Waals surface area contributed by atoms with E-state index in [1.165, 1.54) is 12.0 Å². The number of pyridine rings is 1. The highest BCUT2D eigenvalue weighted by Gasteiger charge is 2.46. The van der Waals surface area contributed by atoms with Crippen LogP contribution >= 0.6 is 11.6 Å². The molecule has 1 aliphatic rings. The van der Waals surface area contributed by atoms with Crippen LogP contribution in [0.4, 0.5) is 0 Å². The molecule has 1 aromatic heterocycles. The molecule has 7 heteroatoms. The molecule has 6 nitrogen and oxygen atoms in total. The maximum atomic E-state index is 13.0. The van der Waals surface area contributed by atoms with E-state index in [0.717, 1.165) is 24.8 Å². The number of hydrogen-bond acceptors (Lipinski definition) is 5. The average Bonchev–Trinajstić information content (AvgIpc) is 2.98. The molecule has 1 unspecified atom stereocenters. The number of ketones is 1. The summed E-state index contributed by atoms with van der Waals surface area (Å²) >= 11 is 6.29. The number of carbonyl (C=O) groups excluding carboxylic acids is 2. The van der Waals surface area contributed by atoms with Crippen molar-refractivity contribution in [2.45, 2.75) is 39.2 Å². The summed E-state index contributed by atoms with van der Waals surface area (Å²) in [5.41, 5.74) is 1.82. The molecule has 1 aliphatic heterocycles. The Morgan fingerprint density at radius 1 is 1.23 bits per heavy atom. The van der Waals surface area contributed by atoms with Gasteiger partial charge in [-0.25, -0.2) is 0 Å². The summed E-state index contributed by atoms with van der Waals surface area (Å²) in [6.07, 6.45) is 5.90. The highest BCUT2D eigenvalue weighted by Crippen LogP contribution is 2.42. The molecule has 2 aromatic rings. The maximum absolute atomic E-state index is 13.0. The molecular weight excluding hydrogens is 404 g/mol. The molecule has 1 fully saturated rings. The first-order chi connectivity index (χ1) is 14.4. The Morgan fingerprint density at radius 3 is 2.57 bits per heavy atom. The highest BCUT2D eigenvalue weighted by atomic mass is 35.5. The minimum absolute atomic E-state index is 0.0302. The molecule has 0 bridgehead atoms. The number of nitrogens with zero attached hydrogens (tertiary/aromatic N) is 2. The zero-order valence-corrected chi connectivity index (χ0v) is 18.1. The normalized spacial score (nSPS) is 18.1. The van der Waals surface area contributed by atoms with E-state index in [2.05, 4.69) is 11.9 Å². The number of aliphatic hydroxyl groups excluding tert-OH is 1. The van der Waals surface area contributed by atoms with Crippen LogP contribution < -0.4 is 4.74 Å². The van der Waals surface area contributed by atoms with E-state index in [9.17, 15) is 14.7 Å². The number of hydrogen-bond donors (Lipinski definition) is 1. The lowest BCUT2D eigenvalue weighted by molar-refractivity contribution is -0.139. The zero-order valence-electron chi connectivity index (χ0n) is 17.3. The number of likely N-dealkylation sites (tertiary alicyclic amines) is 1. The summed E-state index contributed by atoms with van der Waals surface area (Å²) in [5.74, 6) is -1.38. The van der Waals surface area contributed by atoms with Crippen molar-refractivity contribution in [1.29, 1.82) is 0 Å². The first kappa shape index (κ1) is 21.8. The van der Waals surface area contributed by atoms with Crippen LogP contribution in [0, 0.1) is 6.92 Å². The maximum Gasteiger partial charge on any atom is 0.295 e. The molecule has 1 saturated heterocycles. The Morgan fingerprint density at radius 2 is 1.93 bits per heavy atom. The van der Waals surface area contributed by atoms with Crippen LogP contribution in [-0.2, 0) is 9.59 Å². The Labute approximate surface area is 181 Å². The van der Waals surface area contributed by atoms with Crippen LogP contribution in [0.1, 0.15) is 48.9 Å². The Balaban J connectivity index is 2.20. The third-order valence-corrected chi connectivity index (χ3v) is 5.49. The Bertz CT molecular complexity index is 988. The third kappa shape index (κ3) is 4.05. The van der Waals surface area contributed by atoms with Crippen molar-refractivity contribution in [3.05, 3.63) is 63.9 Å². The van der Waals surface area contributed by atoms with E-state index in [0.29, 0.717) is 17.1 Å². The predicted octanol–water partition coefficient (Wildman–Crippen LogP) is 4.66. The second-order valence-electron chi connectivity index (χ2n) is 7.31. The van der Waals surface area contributed by atoms with Gasteiger partial charge in [-0.05, 0) is 48.7 Å². The van der Waals surface area contributed by atoms with Gasteiger partial charge in [-0.3, -0.25) is 14.6 Å². The number of aromatic nitrogens is 1. The van der Waals surface area contributed by atoms with Crippen LogP contribution in [-0.4, -0.2) is 40.3 Å². The van der Waals surface area contributed by atoms with Gasteiger partial charge in [-0.1, -0.05) is 31.4 Å². The van der Waals surface area contributed by atoms with E-state index < -0.39 is 17.7 Å². The lowest BCUT2D eigenvalue weighted by Gasteiger charge is -2.25. The van der Waals surface area contributed by atoms with Crippen LogP contribution in [0.2, 0.25) is 5.02 Å². The van der Waals surface area contributed by atoms with Gasteiger partial charge < -0.3 is 14.7 Å². The largest absolute Gasteiger partial charge is 0.507 e.